The van der Waals surface area contributed by atoms with Crippen molar-refractivity contribution in [2.75, 3.05) is 0 Å². The Hall–Kier alpha value is -0.370. The summed E-state index contributed by atoms with van der Waals surface area (Å²) in [5.41, 5.74) is 2.03. The van der Waals surface area contributed by atoms with Gasteiger partial charge in [0, 0.05) is 16.4 Å². The smallest absolute Gasteiger partial charge is 0.0412 e. The Kier molecular flexibility index (Phi) is 4.28. The minimum absolute atomic E-state index is 0.818. The zero-order valence-electron chi connectivity index (χ0n) is 6.61. The number of allylic oxidation sites excluding steroid dienone is 3. The van der Waals surface area contributed by atoms with Gasteiger partial charge in [0.15, 0.2) is 0 Å². The van der Waals surface area contributed by atoms with E-state index < -0.39 is 0 Å². The van der Waals surface area contributed by atoms with Crippen LogP contribution in [0, 0.1) is 0 Å². The Morgan fingerprint density at radius 2 is 1.90 bits per heavy atom. The van der Waals surface area contributed by atoms with Crippen molar-refractivity contribution < 1.29 is 0 Å². The Labute approximate surface area is 70.7 Å². The maximum absolute atomic E-state index is 4.02. The maximum atomic E-state index is 4.02. The van der Waals surface area contributed by atoms with Crippen molar-refractivity contribution in [1.82, 2.24) is 0 Å². The fourth-order valence-corrected chi connectivity index (χ4v) is 0.398. The van der Waals surface area contributed by atoms with Gasteiger partial charge in [-0.25, -0.2) is 0 Å². The Morgan fingerprint density at radius 1 is 1.40 bits per heavy atom. The summed E-state index contributed by atoms with van der Waals surface area (Å²) in [6.45, 7) is 9.55. The largest absolute Gasteiger partial charge is 0.261 e. The first-order valence-corrected chi connectivity index (χ1v) is 3.86. The molecule has 0 heterocycles. The third-order valence-electron chi connectivity index (χ3n) is 0.876. The van der Waals surface area contributed by atoms with Crippen molar-refractivity contribution >= 4 is 22.1 Å². The van der Waals surface area contributed by atoms with Crippen LogP contribution in [0.25, 0.3) is 0 Å². The van der Waals surface area contributed by atoms with Gasteiger partial charge in [0.05, 0.1) is 0 Å². The van der Waals surface area contributed by atoms with E-state index in [9.17, 15) is 0 Å². The summed E-state index contributed by atoms with van der Waals surface area (Å²) in [6, 6.07) is 0. The molecular weight excluding hydrogens is 190 g/mol. The molecule has 0 aromatic rings. The SMILES string of the molecule is C=C(C)N=CC(Br)=C(C)C. The molecule has 0 saturated carbocycles. The monoisotopic (exact) mass is 201 g/mol. The van der Waals surface area contributed by atoms with Gasteiger partial charge in [0.25, 0.3) is 0 Å². The van der Waals surface area contributed by atoms with Crippen LogP contribution in [0.2, 0.25) is 0 Å². The van der Waals surface area contributed by atoms with E-state index in [4.69, 9.17) is 0 Å². The van der Waals surface area contributed by atoms with E-state index >= 15 is 0 Å². The van der Waals surface area contributed by atoms with Gasteiger partial charge in [0.2, 0.25) is 0 Å². The molecule has 56 valence electrons. The van der Waals surface area contributed by atoms with E-state index in [0.29, 0.717) is 0 Å². The molecule has 0 amide bonds. The molecule has 0 aromatic heterocycles. The molecule has 0 aliphatic carbocycles. The first-order chi connectivity index (χ1) is 4.54. The van der Waals surface area contributed by atoms with Crippen LogP contribution >= 0.6 is 15.9 Å². The third-order valence-corrected chi connectivity index (χ3v) is 1.87. The number of aliphatic imine (C=N–C) groups is 1. The van der Waals surface area contributed by atoms with Crippen LogP contribution in [0.1, 0.15) is 20.8 Å². The zero-order valence-corrected chi connectivity index (χ0v) is 8.20. The van der Waals surface area contributed by atoms with Gasteiger partial charge < -0.3 is 0 Å². The van der Waals surface area contributed by atoms with Crippen LogP contribution in [0.3, 0.4) is 0 Å². The lowest BCUT2D eigenvalue weighted by Gasteiger charge is -1.91. The highest BCUT2D eigenvalue weighted by molar-refractivity contribution is 9.12. The van der Waals surface area contributed by atoms with Gasteiger partial charge in [-0.15, -0.1) is 0 Å². The quantitative estimate of drug-likeness (QED) is 0.609. The highest BCUT2D eigenvalue weighted by Gasteiger charge is 1.86. The molecular formula is C8H12BrN. The molecule has 0 spiro atoms. The number of nitrogens with zero attached hydrogens (tertiary/aromatic N) is 1. The summed E-state index contributed by atoms with van der Waals surface area (Å²) >= 11 is 3.36. The maximum Gasteiger partial charge on any atom is 0.0412 e. The molecule has 0 aliphatic heterocycles. The minimum atomic E-state index is 0.818. The molecule has 0 atom stereocenters. The fourth-order valence-electron chi connectivity index (χ4n) is 0.296. The molecule has 0 aliphatic rings. The van der Waals surface area contributed by atoms with Crippen LogP contribution in [-0.4, -0.2) is 6.21 Å². The number of halogens is 1. The summed E-state index contributed by atoms with van der Waals surface area (Å²) in [4.78, 5) is 4.02. The number of hydrogen-bond acceptors (Lipinski definition) is 1. The number of hydrogen-bond donors (Lipinski definition) is 0. The molecule has 0 rings (SSSR count). The van der Waals surface area contributed by atoms with Crippen LogP contribution in [0.4, 0.5) is 0 Å². The van der Waals surface area contributed by atoms with Crippen molar-refractivity contribution in [1.29, 1.82) is 0 Å². The van der Waals surface area contributed by atoms with Crippen molar-refractivity contribution in [3.05, 3.63) is 22.3 Å². The topological polar surface area (TPSA) is 12.4 Å². The lowest BCUT2D eigenvalue weighted by molar-refractivity contribution is 1.33. The lowest BCUT2D eigenvalue weighted by Crippen LogP contribution is -1.77. The van der Waals surface area contributed by atoms with Crippen LogP contribution < -0.4 is 0 Å². The lowest BCUT2D eigenvalue weighted by atomic mass is 10.3. The first-order valence-electron chi connectivity index (χ1n) is 3.06. The van der Waals surface area contributed by atoms with Gasteiger partial charge in [-0.05, 0) is 36.7 Å². The molecule has 10 heavy (non-hydrogen) atoms. The molecule has 2 heteroatoms. The van der Waals surface area contributed by atoms with Crippen molar-refractivity contribution in [3.63, 3.8) is 0 Å². The fraction of sp³-hybridized carbons (Fsp3) is 0.375. The summed E-state index contributed by atoms with van der Waals surface area (Å²) in [5, 5.41) is 0. The summed E-state index contributed by atoms with van der Waals surface area (Å²) in [5.74, 6) is 0. The molecule has 1 nitrogen and oxygen atoms in total. The van der Waals surface area contributed by atoms with E-state index in [0.717, 1.165) is 10.2 Å². The van der Waals surface area contributed by atoms with E-state index in [-0.39, 0.29) is 0 Å². The highest BCUT2D eigenvalue weighted by Crippen LogP contribution is 2.08. The van der Waals surface area contributed by atoms with Crippen LogP contribution in [-0.2, 0) is 0 Å². The summed E-state index contributed by atoms with van der Waals surface area (Å²) in [6.07, 6.45) is 1.76. The molecule has 0 saturated heterocycles. The standard InChI is InChI=1S/C8H12BrN/c1-6(2)8(9)5-10-7(3)4/h5H,3H2,1-2,4H3. The molecule has 0 fully saturated rings. The summed E-state index contributed by atoms with van der Waals surface area (Å²) < 4.78 is 1.02. The third kappa shape index (κ3) is 4.50. The second-order valence-corrected chi connectivity index (χ2v) is 3.20. The van der Waals surface area contributed by atoms with Gasteiger partial charge in [-0.2, -0.15) is 0 Å². The predicted octanol–water partition coefficient (Wildman–Crippen LogP) is 3.28. The van der Waals surface area contributed by atoms with Crippen LogP contribution in [0.15, 0.2) is 27.3 Å². The van der Waals surface area contributed by atoms with E-state index in [1.54, 1.807) is 6.21 Å². The second-order valence-electron chi connectivity index (χ2n) is 2.34. The van der Waals surface area contributed by atoms with E-state index in [1.165, 1.54) is 5.57 Å². The van der Waals surface area contributed by atoms with Gasteiger partial charge in [-0.1, -0.05) is 12.2 Å². The van der Waals surface area contributed by atoms with Gasteiger partial charge in [0.1, 0.15) is 0 Å². The Balaban J connectivity index is 4.16. The zero-order chi connectivity index (χ0) is 8.15. The molecule has 0 bridgehead atoms. The Bertz CT molecular complexity index is 185. The van der Waals surface area contributed by atoms with Crippen molar-refractivity contribution in [2.45, 2.75) is 20.8 Å². The van der Waals surface area contributed by atoms with Crippen molar-refractivity contribution in [3.8, 4) is 0 Å². The highest BCUT2D eigenvalue weighted by atomic mass is 79.9. The molecule has 0 N–H and O–H groups in total. The van der Waals surface area contributed by atoms with Crippen LogP contribution in [0.5, 0.6) is 0 Å². The van der Waals surface area contributed by atoms with Gasteiger partial charge >= 0.3 is 0 Å². The first kappa shape index (κ1) is 9.63. The predicted molar refractivity (Wildman–Crippen MR) is 50.6 cm³/mol. The average Bonchev–Trinajstić information content (AvgIpc) is 1.82. The van der Waals surface area contributed by atoms with Gasteiger partial charge in [-0.3, -0.25) is 4.99 Å². The normalized spacial score (nSPS) is 10.0. The second kappa shape index (κ2) is 4.45. The Morgan fingerprint density at radius 3 is 2.20 bits per heavy atom. The molecule has 0 unspecified atom stereocenters. The average molecular weight is 202 g/mol. The minimum Gasteiger partial charge on any atom is -0.261 e. The van der Waals surface area contributed by atoms with E-state index in [1.807, 2.05) is 20.8 Å². The van der Waals surface area contributed by atoms with Crippen molar-refractivity contribution in [2.24, 2.45) is 4.99 Å². The van der Waals surface area contributed by atoms with E-state index in [2.05, 4.69) is 27.5 Å². The molecule has 0 radical (unpaired) electrons. The molecule has 0 aromatic carbocycles. The summed E-state index contributed by atoms with van der Waals surface area (Å²) in [7, 11) is 0. The number of rotatable bonds is 2.